The first-order valence-electron chi connectivity index (χ1n) is 9.30. The Labute approximate surface area is 148 Å². The fourth-order valence-electron chi connectivity index (χ4n) is 3.66. The van der Waals surface area contributed by atoms with E-state index < -0.39 is 6.10 Å². The fraction of sp³-hybridized carbons (Fsp3) is 0.684. The lowest BCUT2D eigenvalue weighted by Gasteiger charge is -2.29. The van der Waals surface area contributed by atoms with Gasteiger partial charge in [-0.25, -0.2) is 0 Å². The maximum Gasteiger partial charge on any atom is 0.249 e. The molecule has 3 rings (SSSR count). The first-order valence-corrected chi connectivity index (χ1v) is 9.30. The van der Waals surface area contributed by atoms with Gasteiger partial charge in [0.05, 0.1) is 18.8 Å². The van der Waals surface area contributed by atoms with Crippen LogP contribution >= 0.6 is 0 Å². The molecule has 2 N–H and O–H groups in total. The zero-order valence-electron chi connectivity index (χ0n) is 15.0. The van der Waals surface area contributed by atoms with Gasteiger partial charge in [-0.15, -0.1) is 0 Å². The maximum atomic E-state index is 12.8. The quantitative estimate of drug-likeness (QED) is 0.825. The van der Waals surface area contributed by atoms with Crippen molar-refractivity contribution in [3.8, 4) is 0 Å². The first-order chi connectivity index (χ1) is 12.0. The lowest BCUT2D eigenvalue weighted by molar-refractivity contribution is -0.139. The van der Waals surface area contributed by atoms with Crippen LogP contribution in [-0.4, -0.2) is 36.3 Å². The van der Waals surface area contributed by atoms with Crippen molar-refractivity contribution in [2.45, 2.75) is 64.2 Å². The van der Waals surface area contributed by atoms with Gasteiger partial charge in [-0.2, -0.15) is 0 Å². The van der Waals surface area contributed by atoms with E-state index in [1.807, 2.05) is 19.9 Å². The number of amides is 1. The number of ether oxygens (including phenoxy) is 2. The van der Waals surface area contributed by atoms with E-state index >= 15 is 0 Å². The predicted molar refractivity (Wildman–Crippen MR) is 94.4 cm³/mol. The Bertz CT molecular complexity index is 649. The van der Waals surface area contributed by atoms with Gasteiger partial charge in [0.2, 0.25) is 11.5 Å². The summed E-state index contributed by atoms with van der Waals surface area (Å²) in [6.07, 6.45) is 4.34. The molecule has 6 heteroatoms. The molecule has 138 valence electrons. The van der Waals surface area contributed by atoms with E-state index in [0.717, 1.165) is 50.0 Å². The highest BCUT2D eigenvalue weighted by Gasteiger charge is 2.29. The van der Waals surface area contributed by atoms with Crippen molar-refractivity contribution < 1.29 is 14.3 Å². The molecular formula is C19H28N2O4. The van der Waals surface area contributed by atoms with Crippen LogP contribution in [0.5, 0.6) is 0 Å². The van der Waals surface area contributed by atoms with E-state index in [0.29, 0.717) is 6.61 Å². The van der Waals surface area contributed by atoms with Gasteiger partial charge in [0.25, 0.3) is 0 Å². The standard InChI is InChI=1S/C19H28N2O4/c1-12(2)18(25-11-13-5-4-10-24-13)19(23)21-16-7-3-6-15-14(16)8-9-17(22)20-15/h8-9,12-13,16,18H,3-7,10-11H2,1-2H3,(H,20,22)(H,21,23)/t13-,16-,18+/m1/s1. The van der Waals surface area contributed by atoms with Crippen molar-refractivity contribution in [3.63, 3.8) is 0 Å². The molecule has 1 saturated heterocycles. The molecule has 1 aliphatic heterocycles. The molecule has 0 radical (unpaired) electrons. The van der Waals surface area contributed by atoms with Gasteiger partial charge in [0.15, 0.2) is 0 Å². The summed E-state index contributed by atoms with van der Waals surface area (Å²) in [5.41, 5.74) is 1.86. The smallest absolute Gasteiger partial charge is 0.249 e. The lowest BCUT2D eigenvalue weighted by Crippen LogP contribution is -2.43. The molecule has 6 nitrogen and oxygen atoms in total. The zero-order valence-corrected chi connectivity index (χ0v) is 15.0. The number of hydrogen-bond donors (Lipinski definition) is 2. The summed E-state index contributed by atoms with van der Waals surface area (Å²) in [4.78, 5) is 27.2. The molecule has 0 unspecified atom stereocenters. The van der Waals surface area contributed by atoms with Crippen LogP contribution in [0.3, 0.4) is 0 Å². The van der Waals surface area contributed by atoms with Crippen molar-refractivity contribution >= 4 is 5.91 Å². The van der Waals surface area contributed by atoms with Crippen LogP contribution in [0.25, 0.3) is 0 Å². The van der Waals surface area contributed by atoms with Crippen LogP contribution in [-0.2, 0) is 20.7 Å². The third-order valence-electron chi connectivity index (χ3n) is 5.00. The SMILES string of the molecule is CC(C)[C@H](OC[C@H]1CCCO1)C(=O)N[C@@H]1CCCc2[nH]c(=O)ccc21. The van der Waals surface area contributed by atoms with E-state index in [1.54, 1.807) is 0 Å². The minimum Gasteiger partial charge on any atom is -0.376 e. The van der Waals surface area contributed by atoms with Crippen molar-refractivity contribution in [1.82, 2.24) is 10.3 Å². The van der Waals surface area contributed by atoms with Gasteiger partial charge in [-0.05, 0) is 49.7 Å². The molecule has 2 heterocycles. The zero-order chi connectivity index (χ0) is 17.8. The fourth-order valence-corrected chi connectivity index (χ4v) is 3.66. The first kappa shape index (κ1) is 18.1. The number of nitrogens with one attached hydrogen (secondary N) is 2. The molecule has 0 spiro atoms. The number of aromatic amines is 1. The van der Waals surface area contributed by atoms with E-state index in [9.17, 15) is 9.59 Å². The number of H-pyrrole nitrogens is 1. The summed E-state index contributed by atoms with van der Waals surface area (Å²) < 4.78 is 11.5. The molecule has 1 aromatic heterocycles. The summed E-state index contributed by atoms with van der Waals surface area (Å²) in [7, 11) is 0. The molecular weight excluding hydrogens is 320 g/mol. The van der Waals surface area contributed by atoms with Crippen LogP contribution < -0.4 is 10.9 Å². The number of carbonyl (C=O) groups is 1. The number of rotatable bonds is 6. The number of aromatic nitrogens is 1. The molecule has 2 aliphatic rings. The van der Waals surface area contributed by atoms with Gasteiger partial charge in [-0.1, -0.05) is 13.8 Å². The average Bonchev–Trinajstić information content (AvgIpc) is 3.08. The van der Waals surface area contributed by atoms with Crippen molar-refractivity contribution in [2.24, 2.45) is 5.92 Å². The molecule has 0 aromatic carbocycles. The van der Waals surface area contributed by atoms with Crippen molar-refractivity contribution in [2.75, 3.05) is 13.2 Å². The van der Waals surface area contributed by atoms with E-state index in [2.05, 4.69) is 10.3 Å². The summed E-state index contributed by atoms with van der Waals surface area (Å²) in [5, 5.41) is 3.12. The highest BCUT2D eigenvalue weighted by molar-refractivity contribution is 5.81. The second-order valence-electron chi connectivity index (χ2n) is 7.34. The van der Waals surface area contributed by atoms with Crippen LogP contribution in [0.2, 0.25) is 0 Å². The summed E-state index contributed by atoms with van der Waals surface area (Å²) >= 11 is 0. The molecule has 1 fully saturated rings. The number of hydrogen-bond acceptors (Lipinski definition) is 4. The Hall–Kier alpha value is -1.66. The number of aryl methyl sites for hydroxylation is 1. The second-order valence-corrected chi connectivity index (χ2v) is 7.34. The lowest BCUT2D eigenvalue weighted by atomic mass is 9.91. The van der Waals surface area contributed by atoms with Crippen LogP contribution in [0.4, 0.5) is 0 Å². The van der Waals surface area contributed by atoms with E-state index in [4.69, 9.17) is 9.47 Å². The molecule has 0 bridgehead atoms. The third-order valence-corrected chi connectivity index (χ3v) is 5.00. The summed E-state index contributed by atoms with van der Waals surface area (Å²) in [5.74, 6) is -0.00269. The Morgan fingerprint density at radius 3 is 2.92 bits per heavy atom. The Balaban J connectivity index is 1.64. The molecule has 3 atom stereocenters. The van der Waals surface area contributed by atoms with Gasteiger partial charge >= 0.3 is 0 Å². The topological polar surface area (TPSA) is 80.4 Å². The largest absolute Gasteiger partial charge is 0.376 e. The molecule has 1 aromatic rings. The molecule has 1 aliphatic carbocycles. The molecule has 1 amide bonds. The third kappa shape index (κ3) is 4.50. The Morgan fingerprint density at radius 1 is 1.36 bits per heavy atom. The van der Waals surface area contributed by atoms with Gasteiger partial charge in [-0.3, -0.25) is 9.59 Å². The van der Waals surface area contributed by atoms with E-state index in [1.165, 1.54) is 6.07 Å². The number of pyridine rings is 1. The highest BCUT2D eigenvalue weighted by atomic mass is 16.5. The molecule has 25 heavy (non-hydrogen) atoms. The van der Waals surface area contributed by atoms with Gasteiger partial charge in [0, 0.05) is 18.4 Å². The summed E-state index contributed by atoms with van der Waals surface area (Å²) in [6, 6.07) is 3.29. The van der Waals surface area contributed by atoms with Crippen molar-refractivity contribution in [3.05, 3.63) is 33.7 Å². The second kappa shape index (κ2) is 8.15. The van der Waals surface area contributed by atoms with Crippen LogP contribution in [0, 0.1) is 5.92 Å². The maximum absolute atomic E-state index is 12.8. The number of fused-ring (bicyclic) bond motifs is 1. The van der Waals surface area contributed by atoms with Gasteiger partial charge < -0.3 is 19.8 Å². The Morgan fingerprint density at radius 2 is 2.20 bits per heavy atom. The number of carbonyl (C=O) groups excluding carboxylic acids is 1. The van der Waals surface area contributed by atoms with E-state index in [-0.39, 0.29) is 29.5 Å². The molecule has 0 saturated carbocycles. The van der Waals surface area contributed by atoms with Crippen LogP contribution in [0.1, 0.15) is 56.8 Å². The Kier molecular flexibility index (Phi) is 5.91. The monoisotopic (exact) mass is 348 g/mol. The minimum absolute atomic E-state index is 0.0688. The van der Waals surface area contributed by atoms with Crippen molar-refractivity contribution in [1.29, 1.82) is 0 Å². The van der Waals surface area contributed by atoms with Gasteiger partial charge in [0.1, 0.15) is 6.10 Å². The average molecular weight is 348 g/mol. The summed E-state index contributed by atoms with van der Waals surface area (Å²) in [6.45, 7) is 5.23. The normalized spacial score (nSPS) is 24.1. The van der Waals surface area contributed by atoms with Crippen LogP contribution in [0.15, 0.2) is 16.9 Å². The highest BCUT2D eigenvalue weighted by Crippen LogP contribution is 2.28. The predicted octanol–water partition coefficient (Wildman–Crippen LogP) is 2.09. The minimum atomic E-state index is -0.489.